The summed E-state index contributed by atoms with van der Waals surface area (Å²) in [6.07, 6.45) is 11.8. The molecule has 2 fully saturated rings. The molecule has 1 N–H and O–H groups in total. The zero-order valence-corrected chi connectivity index (χ0v) is 34.4. The Morgan fingerprint density at radius 1 is 0.935 bits per heavy atom. The lowest BCUT2D eigenvalue weighted by Crippen LogP contribution is -2.44. The second kappa shape index (κ2) is 16.5. The molecule has 2 saturated carbocycles. The van der Waals surface area contributed by atoms with E-state index in [0.29, 0.717) is 17.8 Å². The van der Waals surface area contributed by atoms with Gasteiger partial charge in [0.15, 0.2) is 16.6 Å². The van der Waals surface area contributed by atoms with E-state index in [1.807, 2.05) is 20.8 Å². The summed E-state index contributed by atoms with van der Waals surface area (Å²) in [5, 5.41) is 9.90. The van der Waals surface area contributed by atoms with Crippen LogP contribution in [0.25, 0.3) is 0 Å². The highest BCUT2D eigenvalue weighted by atomic mass is 28.4. The van der Waals surface area contributed by atoms with Crippen LogP contribution in [-0.4, -0.2) is 39.9 Å². The van der Waals surface area contributed by atoms with Crippen LogP contribution in [0, 0.1) is 51.8 Å². The average Bonchev–Trinajstić information content (AvgIpc) is 3.56. The van der Waals surface area contributed by atoms with Gasteiger partial charge in [0.05, 0.1) is 17.6 Å². The van der Waals surface area contributed by atoms with E-state index in [4.69, 9.17) is 8.85 Å². The molecule has 0 aliphatic heterocycles. The first kappa shape index (κ1) is 41.0. The first-order valence-electron chi connectivity index (χ1n) is 18.8. The van der Waals surface area contributed by atoms with E-state index in [1.165, 1.54) is 23.7 Å². The van der Waals surface area contributed by atoms with Crippen molar-refractivity contribution < 1.29 is 18.8 Å². The number of fused-ring (bicyclic) bond motifs is 1. The van der Waals surface area contributed by atoms with Crippen molar-refractivity contribution >= 4 is 22.6 Å². The topological polar surface area (TPSA) is 55.8 Å². The van der Waals surface area contributed by atoms with Crippen LogP contribution in [0.5, 0.6) is 0 Å². The number of carboxylic acids is 1. The number of carbonyl (C=O) groups is 1. The largest absolute Gasteiger partial charge is 0.481 e. The quantitative estimate of drug-likeness (QED) is 0.0894. The molecule has 0 aromatic rings. The lowest BCUT2D eigenvalue weighted by atomic mass is 9.66. The van der Waals surface area contributed by atoms with Gasteiger partial charge in [-0.05, 0) is 114 Å². The molecule has 6 heteroatoms. The molecule has 4 nitrogen and oxygen atoms in total. The van der Waals surface area contributed by atoms with Crippen molar-refractivity contribution in [1.82, 2.24) is 0 Å². The molecule has 0 radical (unpaired) electrons. The Labute approximate surface area is 287 Å². The maximum absolute atomic E-state index is 12.1. The van der Waals surface area contributed by atoms with Gasteiger partial charge in [-0.3, -0.25) is 4.79 Å². The lowest BCUT2D eigenvalue weighted by Gasteiger charge is -2.39. The van der Waals surface area contributed by atoms with E-state index >= 15 is 0 Å². The predicted molar refractivity (Wildman–Crippen MR) is 202 cm³/mol. The molecule has 0 aromatic heterocycles. The molecule has 0 amide bonds. The van der Waals surface area contributed by atoms with Crippen LogP contribution in [0.3, 0.4) is 0 Å². The third-order valence-corrected chi connectivity index (χ3v) is 22.8. The summed E-state index contributed by atoms with van der Waals surface area (Å²) in [6, 6.07) is 6.93. The monoisotopic (exact) mass is 672 g/mol. The van der Waals surface area contributed by atoms with Crippen molar-refractivity contribution in [3.05, 3.63) is 23.8 Å². The first-order chi connectivity index (χ1) is 21.4. The minimum Gasteiger partial charge on any atom is -0.481 e. The number of hydrogen-bond donors (Lipinski definition) is 1. The standard InChI is InChI=1S/C40H72O4Si2/c1-15-25-38(9,10)30(8)35(43-45(16-2,17-3)18-4)23-22-33-34-28-31(24-26-39(11,12)40(13,14)37(41)42)27-32(34)29-36(33)44-46(19-5,20-6)21-7/h22-24,30,32-36H,16-21,26-29H2,1-14H3,(H,41,42)/b23-22+,31-24+/t30?,32-,33+,34-,35+,36?/m0/s1. The van der Waals surface area contributed by atoms with E-state index < -0.39 is 28.0 Å². The third kappa shape index (κ3) is 9.10. The van der Waals surface area contributed by atoms with Gasteiger partial charge in [0.2, 0.25) is 0 Å². The fraction of sp³-hybridized carbons (Fsp3) is 0.825. The first-order valence-corrected chi connectivity index (χ1v) is 23.8. The number of aliphatic carboxylic acids is 1. The van der Waals surface area contributed by atoms with E-state index in [2.05, 4.69) is 106 Å². The van der Waals surface area contributed by atoms with Gasteiger partial charge in [0.1, 0.15) is 0 Å². The Hall–Kier alpha value is -1.14. The Balaban J connectivity index is 2.52. The van der Waals surface area contributed by atoms with Crippen LogP contribution in [0.2, 0.25) is 36.3 Å². The van der Waals surface area contributed by atoms with Gasteiger partial charge < -0.3 is 14.0 Å². The molecule has 46 heavy (non-hydrogen) atoms. The molecular formula is C40H72O4Si2. The number of rotatable bonds is 18. The molecule has 2 aliphatic rings. The highest BCUT2D eigenvalue weighted by Gasteiger charge is 2.49. The fourth-order valence-corrected chi connectivity index (χ4v) is 13.7. The van der Waals surface area contributed by atoms with E-state index in [0.717, 1.165) is 43.8 Å². The smallest absolute Gasteiger partial charge is 0.309 e. The number of allylic oxidation sites excluding steroid dienone is 2. The van der Waals surface area contributed by atoms with Crippen molar-refractivity contribution in [3.63, 3.8) is 0 Å². The van der Waals surface area contributed by atoms with Gasteiger partial charge in [0, 0.05) is 17.3 Å². The van der Waals surface area contributed by atoms with Crippen molar-refractivity contribution in [2.45, 2.75) is 171 Å². The molecular weight excluding hydrogens is 601 g/mol. The summed E-state index contributed by atoms with van der Waals surface area (Å²) in [4.78, 5) is 12.1. The van der Waals surface area contributed by atoms with Gasteiger partial charge in [-0.1, -0.05) is 92.0 Å². The highest BCUT2D eigenvalue weighted by Crippen LogP contribution is 2.53. The van der Waals surface area contributed by atoms with E-state index in [1.54, 1.807) is 0 Å². The van der Waals surface area contributed by atoms with Crippen molar-refractivity contribution in [2.24, 2.45) is 39.9 Å². The summed E-state index contributed by atoms with van der Waals surface area (Å²) < 4.78 is 14.6. The summed E-state index contributed by atoms with van der Waals surface area (Å²) in [5.74, 6) is 7.80. The van der Waals surface area contributed by atoms with Gasteiger partial charge >= 0.3 is 5.97 Å². The maximum atomic E-state index is 12.1. The molecule has 0 spiro atoms. The SMILES string of the molecule is CC#CC(C)(C)C(C)[C@@H](/C=C/[C@H]1C(O[Si](CC)(CC)CC)C[C@@H]2C/C(=C\CC(C)(C)C(C)(C)C(=O)O)C[C@@H]21)O[Si](CC)(CC)CC. The molecule has 264 valence electrons. The zero-order valence-electron chi connectivity index (χ0n) is 32.4. The molecule has 0 bridgehead atoms. The van der Waals surface area contributed by atoms with Crippen LogP contribution in [0.4, 0.5) is 0 Å². The number of carboxylic acid groups (broad SMARTS) is 1. The lowest BCUT2D eigenvalue weighted by molar-refractivity contribution is -0.153. The van der Waals surface area contributed by atoms with Crippen LogP contribution in [0.1, 0.15) is 123 Å². The summed E-state index contributed by atoms with van der Waals surface area (Å²) >= 11 is 0. The van der Waals surface area contributed by atoms with Crippen LogP contribution in [0.15, 0.2) is 23.8 Å². The van der Waals surface area contributed by atoms with Crippen LogP contribution < -0.4 is 0 Å². The fourth-order valence-electron chi connectivity index (χ4n) is 7.99. The van der Waals surface area contributed by atoms with E-state index in [-0.39, 0.29) is 29.0 Å². The summed E-state index contributed by atoms with van der Waals surface area (Å²) in [7, 11) is -3.64. The third-order valence-electron chi connectivity index (χ3n) is 13.5. The highest BCUT2D eigenvalue weighted by molar-refractivity contribution is 6.74. The number of hydrogen-bond acceptors (Lipinski definition) is 3. The van der Waals surface area contributed by atoms with Gasteiger partial charge in [-0.25, -0.2) is 0 Å². The molecule has 0 saturated heterocycles. The minimum atomic E-state index is -1.86. The summed E-state index contributed by atoms with van der Waals surface area (Å²) in [6.45, 7) is 30.8. The molecule has 0 heterocycles. The van der Waals surface area contributed by atoms with Crippen molar-refractivity contribution in [3.8, 4) is 11.8 Å². The Morgan fingerprint density at radius 3 is 1.96 bits per heavy atom. The second-order valence-corrected chi connectivity index (χ2v) is 26.0. The average molecular weight is 673 g/mol. The second-order valence-electron chi connectivity index (χ2n) is 16.5. The normalized spacial score (nSPS) is 25.0. The van der Waals surface area contributed by atoms with Crippen LogP contribution >= 0.6 is 0 Å². The Morgan fingerprint density at radius 2 is 1.48 bits per heavy atom. The van der Waals surface area contributed by atoms with Gasteiger partial charge in [-0.15, -0.1) is 5.92 Å². The van der Waals surface area contributed by atoms with Gasteiger partial charge in [-0.2, -0.15) is 0 Å². The maximum Gasteiger partial charge on any atom is 0.309 e. The molecule has 2 aliphatic carbocycles. The predicted octanol–water partition coefficient (Wildman–Crippen LogP) is 11.5. The zero-order chi connectivity index (χ0) is 35.1. The van der Waals surface area contributed by atoms with Gasteiger partial charge in [0.25, 0.3) is 0 Å². The molecule has 0 aromatic carbocycles. The minimum absolute atomic E-state index is 0.0306. The summed E-state index contributed by atoms with van der Waals surface area (Å²) in [5.41, 5.74) is 0.252. The Kier molecular flexibility index (Phi) is 14.7. The van der Waals surface area contributed by atoms with E-state index in [9.17, 15) is 9.90 Å². The Bertz CT molecular complexity index is 1100. The van der Waals surface area contributed by atoms with Crippen molar-refractivity contribution in [1.29, 1.82) is 0 Å². The molecule has 6 atom stereocenters. The van der Waals surface area contributed by atoms with Crippen LogP contribution in [-0.2, 0) is 13.6 Å². The van der Waals surface area contributed by atoms with Crippen molar-refractivity contribution in [2.75, 3.05) is 0 Å². The molecule has 2 rings (SSSR count). The molecule has 2 unspecified atom stereocenters.